The van der Waals surface area contributed by atoms with Crippen LogP contribution in [0, 0.1) is 0 Å². The third-order valence-electron chi connectivity index (χ3n) is 4.16. The van der Waals surface area contributed by atoms with Gasteiger partial charge in [0.15, 0.2) is 11.5 Å². The molecule has 3 aromatic rings. The zero-order chi connectivity index (χ0) is 19.4. The van der Waals surface area contributed by atoms with Gasteiger partial charge in [0.2, 0.25) is 11.6 Å². The smallest absolute Gasteiger partial charge is 0.253 e. The van der Waals surface area contributed by atoms with Crippen molar-refractivity contribution in [2.24, 2.45) is 0 Å². The predicted molar refractivity (Wildman–Crippen MR) is 102 cm³/mol. The van der Waals surface area contributed by atoms with Crippen LogP contribution in [0.25, 0.3) is 10.9 Å². The number of methoxy groups -OCH3 is 4. The first-order chi connectivity index (χ1) is 13.1. The van der Waals surface area contributed by atoms with Crippen LogP contribution >= 0.6 is 0 Å². The molecule has 3 rings (SSSR count). The molecule has 27 heavy (non-hydrogen) atoms. The molecular formula is C19H21N3O5. The first-order valence-corrected chi connectivity index (χ1v) is 8.20. The maximum Gasteiger partial charge on any atom is 0.253 e. The number of ether oxygens (including phenoxy) is 4. The summed E-state index contributed by atoms with van der Waals surface area (Å²) in [6, 6.07) is 7.09. The van der Waals surface area contributed by atoms with Crippen molar-refractivity contribution in [3.05, 3.63) is 46.4 Å². The second-order valence-corrected chi connectivity index (χ2v) is 5.64. The van der Waals surface area contributed by atoms with Gasteiger partial charge in [-0.05, 0) is 18.2 Å². The Balaban J connectivity index is 2.04. The van der Waals surface area contributed by atoms with Crippen LogP contribution in [-0.4, -0.2) is 38.4 Å². The first kappa shape index (κ1) is 18.4. The summed E-state index contributed by atoms with van der Waals surface area (Å²) in [4.78, 5) is 19.5. The molecule has 0 fully saturated rings. The molecule has 2 N–H and O–H groups in total. The third kappa shape index (κ3) is 3.46. The summed E-state index contributed by atoms with van der Waals surface area (Å²) in [5.74, 6) is 1.89. The van der Waals surface area contributed by atoms with Gasteiger partial charge in [0.25, 0.3) is 5.56 Å². The van der Waals surface area contributed by atoms with E-state index in [4.69, 9.17) is 18.9 Å². The molecular weight excluding hydrogens is 350 g/mol. The summed E-state index contributed by atoms with van der Waals surface area (Å²) in [5, 5.41) is 3.88. The number of aromatic nitrogens is 2. The number of rotatable bonds is 7. The number of fused-ring (bicyclic) bond motifs is 1. The third-order valence-corrected chi connectivity index (χ3v) is 4.16. The second kappa shape index (κ2) is 7.86. The minimum Gasteiger partial charge on any atom is -0.493 e. The summed E-state index contributed by atoms with van der Waals surface area (Å²) in [6.07, 6.45) is 1.64. The lowest BCUT2D eigenvalue weighted by molar-refractivity contribution is 0.327. The fourth-order valence-electron chi connectivity index (χ4n) is 2.88. The van der Waals surface area contributed by atoms with E-state index >= 15 is 0 Å². The first-order valence-electron chi connectivity index (χ1n) is 8.20. The van der Waals surface area contributed by atoms with Crippen LogP contribution in [-0.2, 0) is 6.54 Å². The van der Waals surface area contributed by atoms with Crippen LogP contribution in [0.2, 0.25) is 0 Å². The lowest BCUT2D eigenvalue weighted by Gasteiger charge is -2.15. The van der Waals surface area contributed by atoms with Crippen LogP contribution in [0.3, 0.4) is 0 Å². The predicted octanol–water partition coefficient (Wildman–Crippen LogP) is 2.57. The molecule has 8 nitrogen and oxygen atoms in total. The lowest BCUT2D eigenvalue weighted by Crippen LogP contribution is -2.16. The molecule has 0 unspecified atom stereocenters. The molecule has 0 bridgehead atoms. The molecule has 2 heterocycles. The fourth-order valence-corrected chi connectivity index (χ4v) is 2.88. The molecule has 0 aliphatic carbocycles. The van der Waals surface area contributed by atoms with Crippen molar-refractivity contribution >= 4 is 16.6 Å². The summed E-state index contributed by atoms with van der Waals surface area (Å²) >= 11 is 0. The van der Waals surface area contributed by atoms with Gasteiger partial charge < -0.3 is 29.2 Å². The van der Waals surface area contributed by atoms with Crippen molar-refractivity contribution in [3.63, 3.8) is 0 Å². The van der Waals surface area contributed by atoms with E-state index < -0.39 is 0 Å². The van der Waals surface area contributed by atoms with Crippen molar-refractivity contribution in [3.8, 4) is 23.1 Å². The van der Waals surface area contributed by atoms with Crippen molar-refractivity contribution < 1.29 is 18.9 Å². The van der Waals surface area contributed by atoms with Gasteiger partial charge in [-0.15, -0.1) is 0 Å². The highest BCUT2D eigenvalue weighted by Gasteiger charge is 2.18. The largest absolute Gasteiger partial charge is 0.493 e. The van der Waals surface area contributed by atoms with E-state index in [9.17, 15) is 4.79 Å². The Morgan fingerprint density at radius 1 is 1.04 bits per heavy atom. The Morgan fingerprint density at radius 2 is 1.81 bits per heavy atom. The highest BCUT2D eigenvalue weighted by molar-refractivity contribution is 5.90. The van der Waals surface area contributed by atoms with E-state index in [0.717, 1.165) is 0 Å². The highest BCUT2D eigenvalue weighted by atomic mass is 16.5. The number of H-pyrrole nitrogens is 1. The quantitative estimate of drug-likeness (QED) is 0.659. The van der Waals surface area contributed by atoms with E-state index in [1.807, 2.05) is 6.07 Å². The van der Waals surface area contributed by atoms with Crippen LogP contribution in [0.15, 0.2) is 35.3 Å². The van der Waals surface area contributed by atoms with Crippen molar-refractivity contribution in [2.45, 2.75) is 6.54 Å². The van der Waals surface area contributed by atoms with E-state index in [1.54, 1.807) is 38.6 Å². The number of hydrogen-bond acceptors (Lipinski definition) is 7. The summed E-state index contributed by atoms with van der Waals surface area (Å²) in [6.45, 7) is 0.283. The van der Waals surface area contributed by atoms with E-state index in [0.29, 0.717) is 45.3 Å². The van der Waals surface area contributed by atoms with Gasteiger partial charge in [-0.1, -0.05) is 0 Å². The number of benzene rings is 1. The van der Waals surface area contributed by atoms with Gasteiger partial charge in [0.1, 0.15) is 0 Å². The molecule has 0 spiro atoms. The van der Waals surface area contributed by atoms with Crippen LogP contribution in [0.1, 0.15) is 5.56 Å². The van der Waals surface area contributed by atoms with Crippen molar-refractivity contribution in [1.29, 1.82) is 0 Å². The molecule has 0 saturated carbocycles. The number of pyridine rings is 2. The maximum atomic E-state index is 12.5. The number of nitrogens with one attached hydrogen (secondary N) is 2. The molecule has 0 radical (unpaired) electrons. The summed E-state index contributed by atoms with van der Waals surface area (Å²) in [5.41, 5.74) is 1.60. The van der Waals surface area contributed by atoms with Gasteiger partial charge in [-0.3, -0.25) is 4.79 Å². The number of hydrogen-bond donors (Lipinski definition) is 2. The Hall–Kier alpha value is -3.42. The Bertz CT molecular complexity index is 1020. The summed E-state index contributed by atoms with van der Waals surface area (Å²) in [7, 11) is 6.15. The molecule has 0 aliphatic rings. The van der Waals surface area contributed by atoms with Crippen molar-refractivity contribution in [2.75, 3.05) is 33.8 Å². The number of anilines is 1. The van der Waals surface area contributed by atoms with E-state index in [-0.39, 0.29) is 12.1 Å². The standard InChI is InChI=1S/C19H21N3O5/c1-24-15-9-14-12(16(25-2)17(15)26-3)8-11(18(23)22-14)10-21-13-6-5-7-20-19(13)27-4/h5-9,21H,10H2,1-4H3,(H,22,23). The normalized spacial score (nSPS) is 10.5. The van der Waals surface area contributed by atoms with Gasteiger partial charge >= 0.3 is 0 Å². The van der Waals surface area contributed by atoms with E-state index in [2.05, 4.69) is 15.3 Å². The average Bonchev–Trinajstić information content (AvgIpc) is 2.70. The molecule has 0 atom stereocenters. The number of nitrogens with zero attached hydrogens (tertiary/aromatic N) is 1. The Morgan fingerprint density at radius 3 is 2.48 bits per heavy atom. The SMILES string of the molecule is COc1cc2[nH]c(=O)c(CNc3cccnc3OC)cc2c(OC)c1OC. The Kier molecular flexibility index (Phi) is 5.35. The Labute approximate surface area is 156 Å². The monoisotopic (exact) mass is 371 g/mol. The minimum absolute atomic E-state index is 0.216. The van der Waals surface area contributed by atoms with Gasteiger partial charge in [-0.2, -0.15) is 0 Å². The number of aromatic amines is 1. The van der Waals surface area contributed by atoms with Gasteiger partial charge in [0, 0.05) is 29.8 Å². The van der Waals surface area contributed by atoms with Crippen molar-refractivity contribution in [1.82, 2.24) is 9.97 Å². The van der Waals surface area contributed by atoms with Crippen LogP contribution in [0.4, 0.5) is 5.69 Å². The molecule has 0 aliphatic heterocycles. The average molecular weight is 371 g/mol. The lowest BCUT2D eigenvalue weighted by atomic mass is 10.1. The molecule has 1 aromatic carbocycles. The molecule has 142 valence electrons. The van der Waals surface area contributed by atoms with Crippen LogP contribution < -0.4 is 29.8 Å². The molecule has 8 heteroatoms. The van der Waals surface area contributed by atoms with Crippen LogP contribution in [0.5, 0.6) is 23.1 Å². The fraction of sp³-hybridized carbons (Fsp3) is 0.263. The topological polar surface area (TPSA) is 94.7 Å². The van der Waals surface area contributed by atoms with Gasteiger partial charge in [-0.25, -0.2) is 4.98 Å². The summed E-state index contributed by atoms with van der Waals surface area (Å²) < 4.78 is 21.5. The maximum absolute atomic E-state index is 12.5. The minimum atomic E-state index is -0.216. The molecule has 0 amide bonds. The molecule has 0 saturated heterocycles. The van der Waals surface area contributed by atoms with E-state index in [1.165, 1.54) is 14.2 Å². The van der Waals surface area contributed by atoms with Gasteiger partial charge in [0.05, 0.1) is 39.6 Å². The second-order valence-electron chi connectivity index (χ2n) is 5.64. The zero-order valence-electron chi connectivity index (χ0n) is 15.6. The zero-order valence-corrected chi connectivity index (χ0v) is 15.6. The highest BCUT2D eigenvalue weighted by Crippen LogP contribution is 2.42. The molecule has 2 aromatic heterocycles.